The first-order chi connectivity index (χ1) is 7.72. The summed E-state index contributed by atoms with van der Waals surface area (Å²) in [5, 5.41) is 0. The van der Waals surface area contributed by atoms with Gasteiger partial charge in [-0.05, 0) is 36.4 Å². The first-order valence-electron chi connectivity index (χ1n) is 4.74. The molecule has 2 aromatic rings. The van der Waals surface area contributed by atoms with Crippen LogP contribution in [0.2, 0.25) is 0 Å². The molecule has 3 rings (SSSR count). The van der Waals surface area contributed by atoms with E-state index in [1.54, 1.807) is 0 Å². The summed E-state index contributed by atoms with van der Waals surface area (Å²) < 4.78 is 11.4. The van der Waals surface area contributed by atoms with E-state index in [1.807, 2.05) is 36.4 Å². The predicted octanol–water partition coefficient (Wildman–Crippen LogP) is 4.16. The highest BCUT2D eigenvalue weighted by Crippen LogP contribution is 2.46. The maximum absolute atomic E-state index is 5.72. The molecule has 0 fully saturated rings. The van der Waals surface area contributed by atoms with Crippen LogP contribution in [0.4, 0.5) is 0 Å². The molecule has 2 aromatic carbocycles. The van der Waals surface area contributed by atoms with Gasteiger partial charge in [0.25, 0.3) is 0 Å². The number of benzene rings is 2. The van der Waals surface area contributed by atoms with Gasteiger partial charge >= 0.3 is 0 Å². The molecule has 4 heteroatoms. The van der Waals surface area contributed by atoms with Gasteiger partial charge in [-0.1, -0.05) is 0 Å². The standard InChI is InChI=1S/C12H8O2S2/c15-7-1-3-9-11(5-7)14-12-6-8(16)2-4-10(12)13-9/h1-6,15-16H. The summed E-state index contributed by atoms with van der Waals surface area (Å²) in [5.74, 6) is 2.77. The van der Waals surface area contributed by atoms with Crippen molar-refractivity contribution in [1.82, 2.24) is 0 Å². The lowest BCUT2D eigenvalue weighted by molar-refractivity contribution is 0.357. The van der Waals surface area contributed by atoms with Crippen molar-refractivity contribution in [3.63, 3.8) is 0 Å². The molecule has 0 aliphatic carbocycles. The van der Waals surface area contributed by atoms with Crippen LogP contribution in [-0.2, 0) is 0 Å². The fourth-order valence-corrected chi connectivity index (χ4v) is 1.94. The predicted molar refractivity (Wildman–Crippen MR) is 67.5 cm³/mol. The SMILES string of the molecule is Sc1ccc2c(c1)Oc1cc(S)ccc1O2. The van der Waals surface area contributed by atoms with Crippen molar-refractivity contribution in [1.29, 1.82) is 0 Å². The number of fused-ring (bicyclic) bond motifs is 2. The van der Waals surface area contributed by atoms with Gasteiger partial charge in [0.05, 0.1) is 0 Å². The summed E-state index contributed by atoms with van der Waals surface area (Å²) in [5.41, 5.74) is 0. The molecule has 2 nitrogen and oxygen atoms in total. The third kappa shape index (κ3) is 1.64. The van der Waals surface area contributed by atoms with E-state index in [9.17, 15) is 0 Å². The molecular formula is C12H8O2S2. The molecule has 0 saturated heterocycles. The van der Waals surface area contributed by atoms with Crippen LogP contribution in [0.15, 0.2) is 46.2 Å². The van der Waals surface area contributed by atoms with Gasteiger partial charge in [0.2, 0.25) is 0 Å². The number of hydrogen-bond acceptors (Lipinski definition) is 4. The van der Waals surface area contributed by atoms with Gasteiger partial charge in [-0.3, -0.25) is 0 Å². The first-order valence-corrected chi connectivity index (χ1v) is 5.63. The smallest absolute Gasteiger partial charge is 0.171 e. The van der Waals surface area contributed by atoms with E-state index in [4.69, 9.17) is 9.47 Å². The second-order valence-corrected chi connectivity index (χ2v) is 4.50. The molecular weight excluding hydrogens is 240 g/mol. The number of ether oxygens (including phenoxy) is 2. The summed E-state index contributed by atoms with van der Waals surface area (Å²) in [6.07, 6.45) is 0. The molecule has 0 N–H and O–H groups in total. The molecule has 0 amide bonds. The lowest BCUT2D eigenvalue weighted by Crippen LogP contribution is -1.98. The van der Waals surface area contributed by atoms with Crippen LogP contribution in [0.5, 0.6) is 23.0 Å². The highest BCUT2D eigenvalue weighted by Gasteiger charge is 2.18. The quantitative estimate of drug-likeness (QED) is 0.582. The summed E-state index contributed by atoms with van der Waals surface area (Å²) in [6, 6.07) is 11.1. The van der Waals surface area contributed by atoms with Crippen molar-refractivity contribution in [2.75, 3.05) is 0 Å². The van der Waals surface area contributed by atoms with E-state index in [0.29, 0.717) is 23.0 Å². The fourth-order valence-electron chi connectivity index (χ4n) is 1.56. The highest BCUT2D eigenvalue weighted by atomic mass is 32.1. The lowest BCUT2D eigenvalue weighted by atomic mass is 10.2. The Morgan fingerprint density at radius 3 is 1.56 bits per heavy atom. The number of thiol groups is 2. The van der Waals surface area contributed by atoms with Crippen LogP contribution in [-0.4, -0.2) is 0 Å². The van der Waals surface area contributed by atoms with Crippen molar-refractivity contribution in [3.8, 4) is 23.0 Å². The van der Waals surface area contributed by atoms with Gasteiger partial charge in [-0.2, -0.15) is 0 Å². The average Bonchev–Trinajstić information content (AvgIpc) is 2.26. The van der Waals surface area contributed by atoms with E-state index >= 15 is 0 Å². The Balaban J connectivity index is 2.10. The van der Waals surface area contributed by atoms with Crippen molar-refractivity contribution in [2.24, 2.45) is 0 Å². The Morgan fingerprint density at radius 1 is 0.625 bits per heavy atom. The molecule has 0 atom stereocenters. The van der Waals surface area contributed by atoms with Crippen molar-refractivity contribution in [3.05, 3.63) is 36.4 Å². The topological polar surface area (TPSA) is 18.5 Å². The molecule has 0 saturated carbocycles. The van der Waals surface area contributed by atoms with Gasteiger partial charge in [0, 0.05) is 9.79 Å². The van der Waals surface area contributed by atoms with E-state index in [-0.39, 0.29) is 0 Å². The normalized spacial score (nSPS) is 12.1. The zero-order valence-corrected chi connectivity index (χ0v) is 9.96. The molecule has 0 unspecified atom stereocenters. The summed E-state index contributed by atoms with van der Waals surface area (Å²) >= 11 is 8.52. The van der Waals surface area contributed by atoms with Gasteiger partial charge in [0.1, 0.15) is 0 Å². The first kappa shape index (κ1) is 9.93. The summed E-state index contributed by atoms with van der Waals surface area (Å²) in [7, 11) is 0. The fraction of sp³-hybridized carbons (Fsp3) is 0. The van der Waals surface area contributed by atoms with Crippen LogP contribution >= 0.6 is 25.3 Å². The van der Waals surface area contributed by atoms with E-state index < -0.39 is 0 Å². The van der Waals surface area contributed by atoms with Gasteiger partial charge in [0.15, 0.2) is 23.0 Å². The molecule has 1 heterocycles. The second-order valence-electron chi connectivity index (χ2n) is 3.47. The highest BCUT2D eigenvalue weighted by molar-refractivity contribution is 7.80. The number of rotatable bonds is 0. The largest absolute Gasteiger partial charge is 0.450 e. The summed E-state index contributed by atoms with van der Waals surface area (Å²) in [6.45, 7) is 0. The molecule has 80 valence electrons. The minimum atomic E-state index is 0.680. The zero-order chi connectivity index (χ0) is 11.1. The maximum Gasteiger partial charge on any atom is 0.171 e. The van der Waals surface area contributed by atoms with Crippen LogP contribution in [0, 0.1) is 0 Å². The van der Waals surface area contributed by atoms with Crippen LogP contribution in [0.25, 0.3) is 0 Å². The minimum absolute atomic E-state index is 0.680. The summed E-state index contributed by atoms with van der Waals surface area (Å²) in [4.78, 5) is 1.68. The monoisotopic (exact) mass is 248 g/mol. The van der Waals surface area contributed by atoms with Crippen LogP contribution in [0.1, 0.15) is 0 Å². The molecule has 0 aromatic heterocycles. The zero-order valence-electron chi connectivity index (χ0n) is 8.18. The Labute approximate surface area is 104 Å². The third-order valence-corrected chi connectivity index (χ3v) is 2.85. The average molecular weight is 248 g/mol. The minimum Gasteiger partial charge on any atom is -0.450 e. The van der Waals surface area contributed by atoms with E-state index in [1.165, 1.54) is 0 Å². The molecule has 0 spiro atoms. The van der Waals surface area contributed by atoms with Crippen LogP contribution < -0.4 is 9.47 Å². The second kappa shape index (κ2) is 3.64. The van der Waals surface area contributed by atoms with E-state index in [2.05, 4.69) is 25.3 Å². The Bertz CT molecular complexity index is 517. The molecule has 0 radical (unpaired) electrons. The van der Waals surface area contributed by atoms with Crippen LogP contribution in [0.3, 0.4) is 0 Å². The van der Waals surface area contributed by atoms with Gasteiger partial charge in [-0.15, -0.1) is 25.3 Å². The lowest BCUT2D eigenvalue weighted by Gasteiger charge is -2.20. The Hall–Kier alpha value is -1.26. The van der Waals surface area contributed by atoms with E-state index in [0.717, 1.165) is 9.79 Å². The number of hydrogen-bond donors (Lipinski definition) is 2. The van der Waals surface area contributed by atoms with Gasteiger partial charge in [-0.25, -0.2) is 0 Å². The molecule has 1 aliphatic rings. The molecule has 0 bridgehead atoms. The third-order valence-electron chi connectivity index (χ3n) is 2.29. The molecule has 1 aliphatic heterocycles. The Kier molecular flexibility index (Phi) is 2.26. The van der Waals surface area contributed by atoms with Gasteiger partial charge < -0.3 is 9.47 Å². The van der Waals surface area contributed by atoms with Crippen molar-refractivity contribution in [2.45, 2.75) is 9.79 Å². The van der Waals surface area contributed by atoms with Crippen molar-refractivity contribution >= 4 is 25.3 Å². The molecule has 16 heavy (non-hydrogen) atoms. The Morgan fingerprint density at radius 2 is 1.06 bits per heavy atom. The van der Waals surface area contributed by atoms with Crippen molar-refractivity contribution < 1.29 is 9.47 Å². The maximum atomic E-state index is 5.72.